The van der Waals surface area contributed by atoms with Crippen molar-refractivity contribution in [3.63, 3.8) is 0 Å². The maximum absolute atomic E-state index is 12.8. The van der Waals surface area contributed by atoms with Gasteiger partial charge in [0.15, 0.2) is 0 Å². The van der Waals surface area contributed by atoms with Crippen molar-refractivity contribution in [1.29, 1.82) is 0 Å². The maximum atomic E-state index is 12.8. The van der Waals surface area contributed by atoms with Gasteiger partial charge >= 0.3 is 18.0 Å². The number of urea groups is 1. The molecular weight excluding hydrogens is 374 g/mol. The average Bonchev–Trinajstić information content (AvgIpc) is 2.92. The number of amides is 3. The number of hydrogen-bond donors (Lipinski definition) is 2. The zero-order valence-electron chi connectivity index (χ0n) is 14.3. The number of fused-ring (bicyclic) bond motifs is 1. The number of ether oxygens (including phenoxy) is 1. The van der Waals surface area contributed by atoms with Crippen LogP contribution in [-0.4, -0.2) is 74.1 Å². The summed E-state index contributed by atoms with van der Waals surface area (Å²) < 4.78 is 4.26. The minimum atomic E-state index is -1.16. The molecule has 142 valence electrons. The third-order valence-corrected chi connectivity index (χ3v) is 6.58. The van der Waals surface area contributed by atoms with Crippen LogP contribution in [0.15, 0.2) is 30.3 Å². The summed E-state index contributed by atoms with van der Waals surface area (Å²) in [7, 11) is 0. The standard InChI is InChI=1S/C17H17N3O6S/c1-17-8-26-10(21)7-19(16(25)18-9-5-3-2-4-6-9)11-13(22)20(14(11)27-17)12(17)15(23)24/h2-6,11-12,14H,7-8H2,1H3,(H,18,25)(H,23,24)/t11-,12+,14?,17+/m1/s1. The van der Waals surface area contributed by atoms with Gasteiger partial charge in [-0.05, 0) is 19.1 Å². The van der Waals surface area contributed by atoms with Crippen LogP contribution >= 0.6 is 11.8 Å². The predicted octanol–water partition coefficient (Wildman–Crippen LogP) is 0.573. The van der Waals surface area contributed by atoms with Crippen LogP contribution in [0.5, 0.6) is 0 Å². The lowest BCUT2D eigenvalue weighted by atomic mass is 9.94. The number of benzene rings is 1. The Labute approximate surface area is 158 Å². The molecule has 3 aliphatic rings. The minimum absolute atomic E-state index is 0.144. The third-order valence-electron chi connectivity index (χ3n) is 4.97. The second-order valence-electron chi connectivity index (χ2n) is 6.84. The van der Waals surface area contributed by atoms with Gasteiger partial charge in [-0.3, -0.25) is 14.5 Å². The number of carboxylic acids is 1. The number of thioether (sulfide) groups is 1. The first-order valence-corrected chi connectivity index (χ1v) is 9.21. The second kappa shape index (κ2) is 6.15. The lowest BCUT2D eigenvalue weighted by molar-refractivity contribution is -0.169. The number of carbonyl (C=O) groups is 4. The molecule has 0 spiro atoms. The Morgan fingerprint density at radius 2 is 2.00 bits per heavy atom. The predicted molar refractivity (Wildman–Crippen MR) is 95.0 cm³/mol. The lowest BCUT2D eigenvalue weighted by Crippen LogP contribution is -2.72. The first-order chi connectivity index (χ1) is 12.8. The molecule has 3 amide bonds. The number of β-lactam (4-membered cyclic amide) rings is 1. The molecule has 3 heterocycles. The normalized spacial score (nSPS) is 32.0. The number of esters is 1. The van der Waals surface area contributed by atoms with Gasteiger partial charge in [0.2, 0.25) is 5.91 Å². The van der Waals surface area contributed by atoms with Crippen LogP contribution in [0.3, 0.4) is 0 Å². The van der Waals surface area contributed by atoms with E-state index in [9.17, 15) is 24.3 Å². The van der Waals surface area contributed by atoms with Crippen molar-refractivity contribution >= 4 is 41.3 Å². The van der Waals surface area contributed by atoms with Gasteiger partial charge in [-0.25, -0.2) is 9.59 Å². The van der Waals surface area contributed by atoms with E-state index in [1.807, 2.05) is 0 Å². The molecule has 2 bridgehead atoms. The molecule has 1 aromatic rings. The van der Waals surface area contributed by atoms with Crippen molar-refractivity contribution in [2.75, 3.05) is 18.5 Å². The number of hydrogen-bond acceptors (Lipinski definition) is 6. The summed E-state index contributed by atoms with van der Waals surface area (Å²) in [6.07, 6.45) is 0. The molecule has 0 aromatic heterocycles. The quantitative estimate of drug-likeness (QED) is 0.559. The van der Waals surface area contributed by atoms with Gasteiger partial charge in [-0.2, -0.15) is 0 Å². The Hall–Kier alpha value is -2.75. The monoisotopic (exact) mass is 391 g/mol. The van der Waals surface area contributed by atoms with Crippen LogP contribution in [0.2, 0.25) is 0 Å². The molecule has 3 aliphatic heterocycles. The number of carboxylic acid groups (broad SMARTS) is 1. The smallest absolute Gasteiger partial charge is 0.328 e. The van der Waals surface area contributed by atoms with Crippen LogP contribution in [0, 0.1) is 0 Å². The van der Waals surface area contributed by atoms with E-state index >= 15 is 0 Å². The summed E-state index contributed by atoms with van der Waals surface area (Å²) in [4.78, 5) is 51.8. The molecule has 3 fully saturated rings. The number of cyclic esters (lactones) is 1. The van der Waals surface area contributed by atoms with E-state index in [1.54, 1.807) is 37.3 Å². The van der Waals surface area contributed by atoms with Crippen molar-refractivity contribution in [3.05, 3.63) is 30.3 Å². The molecule has 10 heteroatoms. The molecule has 2 N–H and O–H groups in total. The maximum Gasteiger partial charge on any atom is 0.328 e. The molecule has 1 unspecified atom stereocenters. The molecule has 9 nitrogen and oxygen atoms in total. The summed E-state index contributed by atoms with van der Waals surface area (Å²) in [5.74, 6) is -2.30. The Bertz CT molecular complexity index is 833. The minimum Gasteiger partial charge on any atom is -0.480 e. The fourth-order valence-corrected chi connectivity index (χ4v) is 5.46. The van der Waals surface area contributed by atoms with Gasteiger partial charge in [-0.15, -0.1) is 11.8 Å². The van der Waals surface area contributed by atoms with E-state index in [2.05, 4.69) is 5.32 Å². The topological polar surface area (TPSA) is 116 Å². The Morgan fingerprint density at radius 3 is 2.67 bits per heavy atom. The molecule has 0 radical (unpaired) electrons. The molecule has 1 aromatic carbocycles. The molecule has 27 heavy (non-hydrogen) atoms. The molecule has 0 aliphatic carbocycles. The Morgan fingerprint density at radius 1 is 1.30 bits per heavy atom. The summed E-state index contributed by atoms with van der Waals surface area (Å²) in [6, 6.07) is 6.02. The van der Waals surface area contributed by atoms with Crippen LogP contribution in [0.4, 0.5) is 10.5 Å². The van der Waals surface area contributed by atoms with Crippen LogP contribution in [-0.2, 0) is 19.1 Å². The Balaban J connectivity index is 1.65. The Kier molecular flexibility index (Phi) is 4.02. The lowest BCUT2D eigenvalue weighted by Gasteiger charge is -2.48. The van der Waals surface area contributed by atoms with E-state index in [0.29, 0.717) is 5.69 Å². The molecule has 4 atom stereocenters. The SMILES string of the molecule is C[C@@]12COC(=O)CN(C(=O)Nc3ccccc3)[C@@H]3C(=O)N(C3S1)[C@H]2C(=O)O. The first-order valence-electron chi connectivity index (χ1n) is 8.33. The van der Waals surface area contributed by atoms with Gasteiger partial charge in [0.05, 0.1) is 4.75 Å². The van der Waals surface area contributed by atoms with E-state index in [-0.39, 0.29) is 13.2 Å². The zero-order chi connectivity index (χ0) is 19.3. The van der Waals surface area contributed by atoms with Gasteiger partial charge in [0.25, 0.3) is 0 Å². The second-order valence-corrected chi connectivity index (χ2v) is 8.49. The largest absolute Gasteiger partial charge is 0.480 e. The number of rotatable bonds is 2. The van der Waals surface area contributed by atoms with E-state index < -0.39 is 46.1 Å². The average molecular weight is 391 g/mol. The highest BCUT2D eigenvalue weighted by molar-refractivity contribution is 8.01. The number of nitrogens with zero attached hydrogens (tertiary/aromatic N) is 2. The molecule has 3 saturated heterocycles. The summed E-state index contributed by atoms with van der Waals surface area (Å²) >= 11 is 1.26. The fraction of sp³-hybridized carbons (Fsp3) is 0.412. The fourth-order valence-electron chi connectivity index (χ4n) is 3.70. The summed E-state index contributed by atoms with van der Waals surface area (Å²) in [5, 5.41) is 11.7. The first kappa shape index (κ1) is 17.7. The summed E-state index contributed by atoms with van der Waals surface area (Å²) in [5.41, 5.74) is 0.520. The van der Waals surface area contributed by atoms with Crippen molar-refractivity contribution in [2.24, 2.45) is 0 Å². The number of aliphatic carboxylic acids is 1. The highest BCUT2D eigenvalue weighted by atomic mass is 32.2. The van der Waals surface area contributed by atoms with Crippen molar-refractivity contribution in [2.45, 2.75) is 29.1 Å². The van der Waals surface area contributed by atoms with E-state index in [1.165, 1.54) is 16.7 Å². The third kappa shape index (κ3) is 2.71. The number of anilines is 1. The number of nitrogens with one attached hydrogen (secondary N) is 1. The van der Waals surface area contributed by atoms with E-state index in [0.717, 1.165) is 4.90 Å². The van der Waals surface area contributed by atoms with Crippen molar-refractivity contribution < 1.29 is 29.0 Å². The van der Waals surface area contributed by atoms with Gasteiger partial charge in [-0.1, -0.05) is 18.2 Å². The summed E-state index contributed by atoms with van der Waals surface area (Å²) in [6.45, 7) is 1.13. The van der Waals surface area contributed by atoms with Gasteiger partial charge < -0.3 is 20.1 Å². The molecule has 4 rings (SSSR count). The number of para-hydroxylation sites is 1. The van der Waals surface area contributed by atoms with Gasteiger partial charge in [0, 0.05) is 5.69 Å². The van der Waals surface area contributed by atoms with Crippen LogP contribution < -0.4 is 5.32 Å². The van der Waals surface area contributed by atoms with Crippen LogP contribution in [0.25, 0.3) is 0 Å². The molecular formula is C17H17N3O6S. The van der Waals surface area contributed by atoms with Crippen molar-refractivity contribution in [1.82, 2.24) is 9.80 Å². The van der Waals surface area contributed by atoms with Crippen molar-refractivity contribution in [3.8, 4) is 0 Å². The highest BCUT2D eigenvalue weighted by Crippen LogP contribution is 2.53. The zero-order valence-corrected chi connectivity index (χ0v) is 15.1. The van der Waals surface area contributed by atoms with Gasteiger partial charge in [0.1, 0.15) is 30.6 Å². The highest BCUT2D eigenvalue weighted by Gasteiger charge is 2.68. The van der Waals surface area contributed by atoms with E-state index in [4.69, 9.17) is 4.74 Å². The molecule has 0 saturated carbocycles. The number of carbonyl (C=O) groups excluding carboxylic acids is 3. The van der Waals surface area contributed by atoms with Crippen LogP contribution in [0.1, 0.15) is 6.92 Å².